The van der Waals surface area contributed by atoms with Crippen molar-refractivity contribution >= 4 is 35.0 Å². The maximum absolute atomic E-state index is 12.0. The van der Waals surface area contributed by atoms with E-state index in [2.05, 4.69) is 27.7 Å². The van der Waals surface area contributed by atoms with E-state index in [1.165, 1.54) is 5.56 Å². The molecule has 1 aliphatic rings. The zero-order valence-electron chi connectivity index (χ0n) is 16.2. The molecule has 3 rings (SSSR count). The molecule has 1 saturated heterocycles. The molecule has 154 valence electrons. The van der Waals surface area contributed by atoms with Gasteiger partial charge in [-0.15, -0.1) is 0 Å². The van der Waals surface area contributed by atoms with Gasteiger partial charge in [-0.05, 0) is 67.7 Å². The molecule has 2 amide bonds. The van der Waals surface area contributed by atoms with Crippen LogP contribution < -0.4 is 10.6 Å². The molecule has 0 spiro atoms. The van der Waals surface area contributed by atoms with E-state index in [1.807, 2.05) is 12.1 Å². The van der Waals surface area contributed by atoms with Crippen molar-refractivity contribution in [2.45, 2.75) is 19.4 Å². The summed E-state index contributed by atoms with van der Waals surface area (Å²) >= 11 is 11.8. The molecule has 0 bridgehead atoms. The molecule has 0 saturated carbocycles. The predicted molar refractivity (Wildman–Crippen MR) is 116 cm³/mol. The highest BCUT2D eigenvalue weighted by atomic mass is 35.5. The van der Waals surface area contributed by atoms with E-state index in [4.69, 9.17) is 23.2 Å². The number of piperidine rings is 1. The number of rotatable bonds is 7. The largest absolute Gasteiger partial charge is 0.354 e. The third-order valence-electron chi connectivity index (χ3n) is 5.11. The van der Waals surface area contributed by atoms with Gasteiger partial charge in [0, 0.05) is 28.7 Å². The lowest BCUT2D eigenvalue weighted by Gasteiger charge is -2.32. The lowest BCUT2D eigenvalue weighted by Crippen LogP contribution is -2.41. The second-order valence-corrected chi connectivity index (χ2v) is 8.22. The maximum Gasteiger partial charge on any atom is 0.251 e. The number of nitrogens with one attached hydrogen (secondary N) is 2. The van der Waals surface area contributed by atoms with Crippen LogP contribution in [0.2, 0.25) is 10.0 Å². The van der Waals surface area contributed by atoms with E-state index in [0.29, 0.717) is 23.0 Å². The van der Waals surface area contributed by atoms with Crippen LogP contribution in [0.5, 0.6) is 0 Å². The summed E-state index contributed by atoms with van der Waals surface area (Å²) in [6.07, 6.45) is 2.09. The fourth-order valence-corrected chi connectivity index (χ4v) is 3.73. The van der Waals surface area contributed by atoms with Crippen LogP contribution >= 0.6 is 23.2 Å². The van der Waals surface area contributed by atoms with Gasteiger partial charge >= 0.3 is 0 Å². The summed E-state index contributed by atoms with van der Waals surface area (Å²) in [4.78, 5) is 26.5. The van der Waals surface area contributed by atoms with Crippen LogP contribution in [0.15, 0.2) is 48.5 Å². The minimum absolute atomic E-state index is 0.0409. The normalized spacial score (nSPS) is 15.1. The lowest BCUT2D eigenvalue weighted by molar-refractivity contribution is -0.120. The summed E-state index contributed by atoms with van der Waals surface area (Å²) in [7, 11) is 0. The molecule has 0 radical (unpaired) electrons. The summed E-state index contributed by atoms with van der Waals surface area (Å²) in [6.45, 7) is 3.54. The van der Waals surface area contributed by atoms with Gasteiger partial charge in [0.25, 0.3) is 5.91 Å². The molecule has 0 aromatic heterocycles. The summed E-state index contributed by atoms with van der Waals surface area (Å²) in [5, 5.41) is 6.80. The Morgan fingerprint density at radius 1 is 0.966 bits per heavy atom. The molecule has 1 heterocycles. The standard InChI is InChI=1S/C22H25Cl2N3O2/c23-19-6-4-17(5-7-19)15-27-10-8-16(9-11-27)13-25-21(28)14-26-22(29)18-2-1-3-20(24)12-18/h1-7,12,16H,8-11,13-15H2,(H,25,28)(H,26,29). The Bertz CT molecular complexity index is 834. The van der Waals surface area contributed by atoms with Crippen molar-refractivity contribution in [1.82, 2.24) is 15.5 Å². The van der Waals surface area contributed by atoms with Crippen LogP contribution in [-0.4, -0.2) is 42.9 Å². The van der Waals surface area contributed by atoms with Gasteiger partial charge in [-0.25, -0.2) is 0 Å². The first-order chi connectivity index (χ1) is 14.0. The number of likely N-dealkylation sites (tertiary alicyclic amines) is 1. The van der Waals surface area contributed by atoms with Crippen molar-refractivity contribution in [3.8, 4) is 0 Å². The minimum atomic E-state index is -0.307. The van der Waals surface area contributed by atoms with Crippen LogP contribution in [0.1, 0.15) is 28.8 Å². The van der Waals surface area contributed by atoms with Gasteiger partial charge in [0.15, 0.2) is 0 Å². The molecule has 29 heavy (non-hydrogen) atoms. The van der Waals surface area contributed by atoms with Gasteiger partial charge in [-0.2, -0.15) is 0 Å². The molecule has 0 unspecified atom stereocenters. The van der Waals surface area contributed by atoms with Gasteiger partial charge in [-0.1, -0.05) is 41.4 Å². The van der Waals surface area contributed by atoms with E-state index in [-0.39, 0.29) is 18.4 Å². The van der Waals surface area contributed by atoms with Crippen LogP contribution in [0.3, 0.4) is 0 Å². The zero-order valence-corrected chi connectivity index (χ0v) is 17.7. The molecule has 0 aliphatic carbocycles. The Hall–Kier alpha value is -2.08. The second-order valence-electron chi connectivity index (χ2n) is 7.34. The number of benzene rings is 2. The summed E-state index contributed by atoms with van der Waals surface area (Å²) in [5.41, 5.74) is 1.70. The van der Waals surface area contributed by atoms with Gasteiger partial charge in [0.05, 0.1) is 6.54 Å². The average Bonchev–Trinajstić information content (AvgIpc) is 2.73. The second kappa shape index (κ2) is 10.6. The van der Waals surface area contributed by atoms with E-state index in [9.17, 15) is 9.59 Å². The van der Waals surface area contributed by atoms with E-state index in [0.717, 1.165) is 37.5 Å². The molecular formula is C22H25Cl2N3O2. The Balaban J connectivity index is 1.33. The van der Waals surface area contributed by atoms with Crippen LogP contribution in [-0.2, 0) is 11.3 Å². The molecule has 2 N–H and O–H groups in total. The number of halogens is 2. The van der Waals surface area contributed by atoms with Crippen LogP contribution in [0.4, 0.5) is 0 Å². The van der Waals surface area contributed by atoms with Crippen LogP contribution in [0.25, 0.3) is 0 Å². The molecular weight excluding hydrogens is 409 g/mol. The quantitative estimate of drug-likeness (QED) is 0.698. The lowest BCUT2D eigenvalue weighted by atomic mass is 9.96. The maximum atomic E-state index is 12.0. The number of carbonyl (C=O) groups excluding carboxylic acids is 2. The first kappa shape index (κ1) is 21.6. The molecule has 7 heteroatoms. The van der Waals surface area contributed by atoms with Crippen molar-refractivity contribution < 1.29 is 9.59 Å². The molecule has 5 nitrogen and oxygen atoms in total. The van der Waals surface area contributed by atoms with Gasteiger partial charge < -0.3 is 10.6 Å². The number of amides is 2. The summed E-state index contributed by atoms with van der Waals surface area (Å²) < 4.78 is 0. The molecule has 2 aromatic rings. The Labute approximate surface area is 181 Å². The molecule has 2 aromatic carbocycles. The number of hydrogen-bond acceptors (Lipinski definition) is 3. The third kappa shape index (κ3) is 7.03. The SMILES string of the molecule is O=C(CNC(=O)c1cccc(Cl)c1)NCC1CCN(Cc2ccc(Cl)cc2)CC1. The van der Waals surface area contributed by atoms with Gasteiger partial charge in [-0.3, -0.25) is 14.5 Å². The monoisotopic (exact) mass is 433 g/mol. The summed E-state index contributed by atoms with van der Waals surface area (Å²) in [6, 6.07) is 14.6. The average molecular weight is 434 g/mol. The van der Waals surface area contributed by atoms with Crippen molar-refractivity contribution in [3.05, 3.63) is 69.7 Å². The molecule has 1 fully saturated rings. The summed E-state index contributed by atoms with van der Waals surface area (Å²) in [5.74, 6) is -0.0221. The highest BCUT2D eigenvalue weighted by molar-refractivity contribution is 6.31. The highest BCUT2D eigenvalue weighted by Crippen LogP contribution is 2.19. The number of nitrogens with zero attached hydrogens (tertiary/aromatic N) is 1. The Kier molecular flexibility index (Phi) is 7.92. The van der Waals surface area contributed by atoms with E-state index in [1.54, 1.807) is 24.3 Å². The van der Waals surface area contributed by atoms with Crippen molar-refractivity contribution in [3.63, 3.8) is 0 Å². The fraction of sp³-hybridized carbons (Fsp3) is 0.364. The number of hydrogen-bond donors (Lipinski definition) is 2. The predicted octanol–water partition coefficient (Wildman–Crippen LogP) is 3.75. The fourth-order valence-electron chi connectivity index (χ4n) is 3.41. The number of carbonyl (C=O) groups is 2. The first-order valence-electron chi connectivity index (χ1n) is 9.77. The smallest absolute Gasteiger partial charge is 0.251 e. The van der Waals surface area contributed by atoms with Crippen molar-refractivity contribution in [2.24, 2.45) is 5.92 Å². The zero-order chi connectivity index (χ0) is 20.6. The Morgan fingerprint density at radius 2 is 1.69 bits per heavy atom. The highest BCUT2D eigenvalue weighted by Gasteiger charge is 2.20. The Morgan fingerprint density at radius 3 is 2.38 bits per heavy atom. The third-order valence-corrected chi connectivity index (χ3v) is 5.60. The minimum Gasteiger partial charge on any atom is -0.354 e. The van der Waals surface area contributed by atoms with Crippen molar-refractivity contribution in [2.75, 3.05) is 26.2 Å². The first-order valence-corrected chi connectivity index (χ1v) is 10.5. The molecule has 1 aliphatic heterocycles. The van der Waals surface area contributed by atoms with Crippen molar-refractivity contribution in [1.29, 1.82) is 0 Å². The molecule has 0 atom stereocenters. The van der Waals surface area contributed by atoms with E-state index < -0.39 is 0 Å². The topological polar surface area (TPSA) is 61.4 Å². The van der Waals surface area contributed by atoms with Gasteiger partial charge in [0.2, 0.25) is 5.91 Å². The van der Waals surface area contributed by atoms with Gasteiger partial charge in [0.1, 0.15) is 0 Å². The van der Waals surface area contributed by atoms with Crippen LogP contribution in [0, 0.1) is 5.92 Å². The van der Waals surface area contributed by atoms with E-state index >= 15 is 0 Å².